The van der Waals surface area contributed by atoms with Crippen LogP contribution in [0.4, 0.5) is 0 Å². The van der Waals surface area contributed by atoms with Gasteiger partial charge < -0.3 is 0 Å². The Hall–Kier alpha value is 0.127. The van der Waals surface area contributed by atoms with Gasteiger partial charge in [-0.25, -0.2) is 12.8 Å². The molecule has 0 saturated carbocycles. The second-order valence-corrected chi connectivity index (χ2v) is 13.2. The van der Waals surface area contributed by atoms with Crippen LogP contribution in [0.3, 0.4) is 0 Å². The Bertz CT molecular complexity index is 288. The molecule has 0 aromatic carbocycles. The first-order chi connectivity index (χ1) is 5.90. The van der Waals surface area contributed by atoms with Crippen LogP contribution in [-0.4, -0.2) is 21.9 Å². The van der Waals surface area contributed by atoms with E-state index in [1.165, 1.54) is 0 Å². The lowest BCUT2D eigenvalue weighted by Crippen LogP contribution is -2.56. The maximum atomic E-state index is 11.7. The van der Waals surface area contributed by atoms with Crippen LogP contribution in [-0.2, 0) is 10.0 Å². The van der Waals surface area contributed by atoms with E-state index in [2.05, 4.69) is 25.2 Å². The predicted molar refractivity (Wildman–Crippen MR) is 64.4 cm³/mol. The summed E-state index contributed by atoms with van der Waals surface area (Å²) in [4.78, 5) is 0. The molecule has 0 heterocycles. The van der Waals surface area contributed by atoms with Crippen molar-refractivity contribution in [3.63, 3.8) is 0 Å². The summed E-state index contributed by atoms with van der Waals surface area (Å²) >= 11 is 0. The van der Waals surface area contributed by atoms with Gasteiger partial charge in [-0.2, -0.15) is 0 Å². The SMILES string of the molecule is CC(C)S(=O)(=O)N[Si](C)(C)C(C)(C)C. The van der Waals surface area contributed by atoms with Gasteiger partial charge in [-0.05, 0) is 18.9 Å². The third-order valence-electron chi connectivity index (χ3n) is 2.89. The van der Waals surface area contributed by atoms with E-state index in [9.17, 15) is 8.42 Å². The molecule has 86 valence electrons. The van der Waals surface area contributed by atoms with E-state index >= 15 is 0 Å². The lowest BCUT2D eigenvalue weighted by molar-refractivity contribution is 0.580. The van der Waals surface area contributed by atoms with Gasteiger partial charge in [0.25, 0.3) is 0 Å². The minimum atomic E-state index is -3.13. The summed E-state index contributed by atoms with van der Waals surface area (Å²) in [5.41, 5.74) is 0. The molecule has 0 spiro atoms. The highest BCUT2D eigenvalue weighted by Crippen LogP contribution is 2.34. The van der Waals surface area contributed by atoms with Crippen LogP contribution in [0.25, 0.3) is 0 Å². The largest absolute Gasteiger partial charge is 0.237 e. The molecule has 0 rings (SSSR count). The highest BCUT2D eigenvalue weighted by atomic mass is 32.2. The lowest BCUT2D eigenvalue weighted by Gasteiger charge is -2.37. The Kier molecular flexibility index (Phi) is 3.98. The monoisotopic (exact) mass is 237 g/mol. The molecule has 0 atom stereocenters. The fourth-order valence-corrected chi connectivity index (χ4v) is 5.64. The van der Waals surface area contributed by atoms with Crippen LogP contribution >= 0.6 is 0 Å². The third-order valence-corrected chi connectivity index (χ3v) is 11.1. The van der Waals surface area contributed by atoms with E-state index in [-0.39, 0.29) is 10.3 Å². The van der Waals surface area contributed by atoms with Crippen molar-refractivity contribution in [2.45, 2.75) is 58.0 Å². The Morgan fingerprint density at radius 3 is 1.71 bits per heavy atom. The summed E-state index contributed by atoms with van der Waals surface area (Å²) in [5.74, 6) is 0. The zero-order chi connectivity index (χ0) is 11.8. The molecule has 0 saturated heterocycles. The molecule has 5 heteroatoms. The molecule has 3 nitrogen and oxygen atoms in total. The molecule has 0 amide bonds. The minimum Gasteiger partial charge on any atom is -0.237 e. The normalized spacial score (nSPS) is 14.9. The fraction of sp³-hybridized carbons (Fsp3) is 1.00. The Morgan fingerprint density at radius 2 is 1.50 bits per heavy atom. The zero-order valence-corrected chi connectivity index (χ0v) is 12.1. The number of hydrogen-bond donors (Lipinski definition) is 1. The molecule has 0 aliphatic heterocycles. The molecule has 0 radical (unpaired) electrons. The predicted octanol–water partition coefficient (Wildman–Crippen LogP) is 2.32. The van der Waals surface area contributed by atoms with Gasteiger partial charge in [0, 0.05) is 0 Å². The van der Waals surface area contributed by atoms with Crippen molar-refractivity contribution in [2.75, 3.05) is 0 Å². The van der Waals surface area contributed by atoms with Crippen LogP contribution < -0.4 is 4.39 Å². The summed E-state index contributed by atoms with van der Waals surface area (Å²) < 4.78 is 26.3. The average Bonchev–Trinajstić information content (AvgIpc) is 1.80. The van der Waals surface area contributed by atoms with Gasteiger partial charge in [-0.15, -0.1) is 0 Å². The smallest absolute Gasteiger partial charge is 0.208 e. The Morgan fingerprint density at radius 1 is 1.14 bits per heavy atom. The first kappa shape index (κ1) is 14.1. The lowest BCUT2D eigenvalue weighted by atomic mass is 10.2. The molecule has 0 aromatic heterocycles. The molecule has 0 unspecified atom stereocenters. The number of sulfonamides is 1. The maximum absolute atomic E-state index is 11.7. The van der Waals surface area contributed by atoms with Gasteiger partial charge in [0.05, 0.1) is 5.25 Å². The molecule has 0 aliphatic carbocycles. The van der Waals surface area contributed by atoms with Crippen LogP contribution in [0.5, 0.6) is 0 Å². The number of rotatable bonds is 3. The van der Waals surface area contributed by atoms with Crippen molar-refractivity contribution in [1.82, 2.24) is 4.39 Å². The molecule has 14 heavy (non-hydrogen) atoms. The summed E-state index contributed by atoms with van der Waals surface area (Å²) in [6.45, 7) is 13.8. The average molecular weight is 237 g/mol. The molecular formula is C9H23NO2SSi. The quantitative estimate of drug-likeness (QED) is 0.766. The highest BCUT2D eigenvalue weighted by Gasteiger charge is 2.39. The minimum absolute atomic E-state index is 0.0367. The van der Waals surface area contributed by atoms with Gasteiger partial charge in [-0.1, -0.05) is 33.9 Å². The van der Waals surface area contributed by atoms with Gasteiger partial charge in [0.1, 0.15) is 8.24 Å². The van der Waals surface area contributed by atoms with E-state index in [0.29, 0.717) is 0 Å². The first-order valence-electron chi connectivity index (χ1n) is 4.93. The molecule has 0 fully saturated rings. The highest BCUT2D eigenvalue weighted by molar-refractivity contribution is 7.91. The van der Waals surface area contributed by atoms with Crippen molar-refractivity contribution in [3.8, 4) is 0 Å². The van der Waals surface area contributed by atoms with E-state index in [0.717, 1.165) is 0 Å². The van der Waals surface area contributed by atoms with Crippen molar-refractivity contribution >= 4 is 18.3 Å². The molecular weight excluding hydrogens is 214 g/mol. The van der Waals surface area contributed by atoms with Crippen LogP contribution in [0.15, 0.2) is 0 Å². The molecule has 1 N–H and O–H groups in total. The summed E-state index contributed by atoms with van der Waals surface area (Å²) in [5, 5.41) is -0.314. The summed E-state index contributed by atoms with van der Waals surface area (Å²) in [6.07, 6.45) is 0. The van der Waals surface area contributed by atoms with E-state index in [1.807, 2.05) is 13.1 Å². The van der Waals surface area contributed by atoms with Gasteiger partial charge in [0.15, 0.2) is 0 Å². The first-order valence-corrected chi connectivity index (χ1v) is 9.47. The maximum Gasteiger partial charge on any atom is 0.208 e. The van der Waals surface area contributed by atoms with Crippen molar-refractivity contribution < 1.29 is 8.42 Å². The van der Waals surface area contributed by atoms with Crippen LogP contribution in [0, 0.1) is 0 Å². The Labute approximate surface area is 89.4 Å². The van der Waals surface area contributed by atoms with Crippen molar-refractivity contribution in [1.29, 1.82) is 0 Å². The Balaban J connectivity index is 4.87. The molecule has 0 aromatic rings. The van der Waals surface area contributed by atoms with E-state index < -0.39 is 18.3 Å². The fourth-order valence-electron chi connectivity index (χ4n) is 0.627. The molecule has 0 bridgehead atoms. The standard InChI is InChI=1S/C9H23NO2SSi/c1-8(2)13(11,12)10-14(6,7)9(3,4)5/h8,10H,1-7H3. The second-order valence-electron chi connectivity index (χ2n) is 5.57. The van der Waals surface area contributed by atoms with Crippen LogP contribution in [0.1, 0.15) is 34.6 Å². The van der Waals surface area contributed by atoms with E-state index in [1.54, 1.807) is 13.8 Å². The van der Waals surface area contributed by atoms with E-state index in [4.69, 9.17) is 0 Å². The third kappa shape index (κ3) is 3.36. The number of nitrogens with one attached hydrogen (secondary N) is 1. The van der Waals surface area contributed by atoms with Gasteiger partial charge in [-0.3, -0.25) is 0 Å². The van der Waals surface area contributed by atoms with Gasteiger partial charge >= 0.3 is 0 Å². The number of hydrogen-bond acceptors (Lipinski definition) is 2. The molecule has 0 aliphatic rings. The van der Waals surface area contributed by atoms with Crippen molar-refractivity contribution in [2.24, 2.45) is 0 Å². The zero-order valence-electron chi connectivity index (χ0n) is 10.3. The van der Waals surface area contributed by atoms with Crippen LogP contribution in [0.2, 0.25) is 18.1 Å². The van der Waals surface area contributed by atoms with Gasteiger partial charge in [0.2, 0.25) is 10.0 Å². The van der Waals surface area contributed by atoms with Crippen molar-refractivity contribution in [3.05, 3.63) is 0 Å². The second kappa shape index (κ2) is 3.94. The summed E-state index contributed by atoms with van der Waals surface area (Å²) in [7, 11) is -5.07. The summed E-state index contributed by atoms with van der Waals surface area (Å²) in [6, 6.07) is 0. The topological polar surface area (TPSA) is 46.2 Å².